The van der Waals surface area contributed by atoms with Crippen LogP contribution in [0.3, 0.4) is 0 Å². The van der Waals surface area contributed by atoms with Gasteiger partial charge in [0.2, 0.25) is 11.8 Å². The van der Waals surface area contributed by atoms with E-state index in [1.54, 1.807) is 49.4 Å². The lowest BCUT2D eigenvalue weighted by Crippen LogP contribution is -2.49. The molecule has 0 unspecified atom stereocenters. The number of carbonyl (C=O) groups is 4. The molecule has 1 aliphatic rings. The van der Waals surface area contributed by atoms with Crippen molar-refractivity contribution in [2.24, 2.45) is 0 Å². The second-order valence-electron chi connectivity index (χ2n) is 8.36. The van der Waals surface area contributed by atoms with Crippen molar-refractivity contribution < 1.29 is 23.6 Å². The van der Waals surface area contributed by atoms with E-state index in [-0.39, 0.29) is 55.6 Å². The van der Waals surface area contributed by atoms with Gasteiger partial charge in [0.05, 0.1) is 11.1 Å². The normalized spacial score (nSPS) is 13.8. The standard InChI is InChI=1S/C25H28FN3O4/c1-16(2)27-23(31)17(3)29(15-18-9-4-7-12-21(18)26)22(30)13-8-14-28-24(32)19-10-5-6-11-20(19)25(28)33/h4-7,9-12,16-17H,8,13-15H2,1-3H3,(H,27,31)/t17-/m0/s1. The first kappa shape index (κ1) is 24.1. The first-order valence-electron chi connectivity index (χ1n) is 11.0. The fourth-order valence-corrected chi connectivity index (χ4v) is 3.77. The van der Waals surface area contributed by atoms with E-state index in [9.17, 15) is 23.6 Å². The number of imide groups is 1. The maximum atomic E-state index is 14.2. The monoisotopic (exact) mass is 453 g/mol. The number of rotatable bonds is 9. The maximum Gasteiger partial charge on any atom is 0.261 e. The topological polar surface area (TPSA) is 86.8 Å². The van der Waals surface area contributed by atoms with Gasteiger partial charge in [-0.25, -0.2) is 4.39 Å². The second-order valence-corrected chi connectivity index (χ2v) is 8.36. The molecule has 0 bridgehead atoms. The Balaban J connectivity index is 1.68. The Bertz CT molecular complexity index is 1030. The molecular weight excluding hydrogens is 425 g/mol. The molecule has 0 aliphatic carbocycles. The van der Waals surface area contributed by atoms with Crippen LogP contribution in [-0.2, 0) is 16.1 Å². The molecular formula is C25H28FN3O4. The summed E-state index contributed by atoms with van der Waals surface area (Å²) in [5.74, 6) is -1.92. The Morgan fingerprint density at radius 1 is 0.970 bits per heavy atom. The van der Waals surface area contributed by atoms with Crippen molar-refractivity contribution in [2.75, 3.05) is 6.54 Å². The molecule has 2 aromatic carbocycles. The van der Waals surface area contributed by atoms with E-state index in [1.807, 2.05) is 13.8 Å². The summed E-state index contributed by atoms with van der Waals surface area (Å²) >= 11 is 0. The quantitative estimate of drug-likeness (QED) is 0.591. The van der Waals surface area contributed by atoms with Gasteiger partial charge in [-0.3, -0.25) is 24.1 Å². The summed E-state index contributed by atoms with van der Waals surface area (Å²) in [6.45, 7) is 5.25. The summed E-state index contributed by atoms with van der Waals surface area (Å²) in [5.41, 5.74) is 1.01. The van der Waals surface area contributed by atoms with Gasteiger partial charge in [-0.05, 0) is 45.4 Å². The molecule has 0 saturated carbocycles. The van der Waals surface area contributed by atoms with Crippen LogP contribution < -0.4 is 5.32 Å². The van der Waals surface area contributed by atoms with Crippen LogP contribution in [-0.4, -0.2) is 52.1 Å². The summed E-state index contributed by atoms with van der Waals surface area (Å²) in [5, 5.41) is 2.78. The van der Waals surface area contributed by atoms with Crippen LogP contribution >= 0.6 is 0 Å². The Morgan fingerprint density at radius 3 is 2.12 bits per heavy atom. The number of halogens is 1. The minimum absolute atomic E-state index is 0.00115. The van der Waals surface area contributed by atoms with Crippen LogP contribution in [0, 0.1) is 5.82 Å². The molecule has 0 spiro atoms. The Kier molecular flexibility index (Phi) is 7.58. The zero-order valence-electron chi connectivity index (χ0n) is 19.0. The predicted molar refractivity (Wildman–Crippen MR) is 121 cm³/mol. The molecule has 3 rings (SSSR count). The minimum Gasteiger partial charge on any atom is -0.352 e. The third-order valence-electron chi connectivity index (χ3n) is 5.55. The van der Waals surface area contributed by atoms with Gasteiger partial charge in [-0.2, -0.15) is 0 Å². The number of benzene rings is 2. The molecule has 1 N–H and O–H groups in total. The highest BCUT2D eigenvalue weighted by Gasteiger charge is 2.35. The molecule has 8 heteroatoms. The summed E-state index contributed by atoms with van der Waals surface area (Å²) in [4.78, 5) is 53.1. The molecule has 0 aromatic heterocycles. The SMILES string of the molecule is CC(C)NC(=O)[C@H](C)N(Cc1ccccc1F)C(=O)CCCN1C(=O)c2ccccc2C1=O. The van der Waals surface area contributed by atoms with E-state index in [2.05, 4.69) is 5.32 Å². The van der Waals surface area contributed by atoms with Crippen LogP contribution in [0.25, 0.3) is 0 Å². The molecule has 2 aromatic rings. The molecule has 0 fully saturated rings. The third kappa shape index (κ3) is 5.45. The fraction of sp³-hybridized carbons (Fsp3) is 0.360. The lowest BCUT2D eigenvalue weighted by molar-refractivity contribution is -0.141. The van der Waals surface area contributed by atoms with Gasteiger partial charge in [0.25, 0.3) is 11.8 Å². The number of carbonyl (C=O) groups excluding carboxylic acids is 4. The number of nitrogens with zero attached hydrogens (tertiary/aromatic N) is 2. The number of hydrogen-bond donors (Lipinski definition) is 1. The molecule has 174 valence electrons. The zero-order valence-corrected chi connectivity index (χ0v) is 19.0. The molecule has 0 radical (unpaired) electrons. The Morgan fingerprint density at radius 2 is 1.55 bits per heavy atom. The zero-order chi connectivity index (χ0) is 24.1. The Labute approximate surface area is 192 Å². The highest BCUT2D eigenvalue weighted by molar-refractivity contribution is 6.21. The van der Waals surface area contributed by atoms with Gasteiger partial charge >= 0.3 is 0 Å². The largest absolute Gasteiger partial charge is 0.352 e. The second kappa shape index (κ2) is 10.4. The van der Waals surface area contributed by atoms with Crippen molar-refractivity contribution in [3.8, 4) is 0 Å². The van der Waals surface area contributed by atoms with Crippen LogP contribution in [0.4, 0.5) is 4.39 Å². The minimum atomic E-state index is -0.821. The van der Waals surface area contributed by atoms with Gasteiger partial charge in [0.15, 0.2) is 0 Å². The smallest absolute Gasteiger partial charge is 0.261 e. The van der Waals surface area contributed by atoms with Crippen LogP contribution in [0.1, 0.15) is 59.9 Å². The third-order valence-corrected chi connectivity index (χ3v) is 5.55. The van der Waals surface area contributed by atoms with Crippen LogP contribution in [0.15, 0.2) is 48.5 Å². The summed E-state index contributed by atoms with van der Waals surface area (Å²) in [6.07, 6.45) is 0.234. The van der Waals surface area contributed by atoms with Crippen molar-refractivity contribution >= 4 is 23.6 Å². The number of fused-ring (bicyclic) bond motifs is 1. The lowest BCUT2D eigenvalue weighted by Gasteiger charge is -2.29. The summed E-state index contributed by atoms with van der Waals surface area (Å²) < 4.78 is 14.2. The molecule has 33 heavy (non-hydrogen) atoms. The average Bonchev–Trinajstić information content (AvgIpc) is 3.02. The van der Waals surface area contributed by atoms with Crippen molar-refractivity contribution in [3.05, 3.63) is 71.0 Å². The molecule has 4 amide bonds. The summed E-state index contributed by atoms with van der Waals surface area (Å²) in [7, 11) is 0. The number of amides is 4. The van der Waals surface area contributed by atoms with E-state index >= 15 is 0 Å². The first-order chi connectivity index (χ1) is 15.7. The average molecular weight is 454 g/mol. The molecule has 1 atom stereocenters. The van der Waals surface area contributed by atoms with Crippen molar-refractivity contribution in [1.29, 1.82) is 0 Å². The number of nitrogens with one attached hydrogen (secondary N) is 1. The van der Waals surface area contributed by atoms with E-state index in [1.165, 1.54) is 11.0 Å². The van der Waals surface area contributed by atoms with Gasteiger partial charge in [0, 0.05) is 31.1 Å². The predicted octanol–water partition coefficient (Wildman–Crippen LogP) is 3.14. The highest BCUT2D eigenvalue weighted by atomic mass is 19.1. The molecule has 1 aliphatic heterocycles. The van der Waals surface area contributed by atoms with Crippen molar-refractivity contribution in [3.63, 3.8) is 0 Å². The molecule has 7 nitrogen and oxygen atoms in total. The van der Waals surface area contributed by atoms with Crippen molar-refractivity contribution in [2.45, 2.75) is 52.2 Å². The highest BCUT2D eigenvalue weighted by Crippen LogP contribution is 2.23. The fourth-order valence-electron chi connectivity index (χ4n) is 3.77. The summed E-state index contributed by atoms with van der Waals surface area (Å²) in [6, 6.07) is 11.8. The van der Waals surface area contributed by atoms with E-state index in [0.29, 0.717) is 16.7 Å². The van der Waals surface area contributed by atoms with E-state index in [4.69, 9.17) is 0 Å². The van der Waals surface area contributed by atoms with Gasteiger partial charge < -0.3 is 10.2 Å². The lowest BCUT2D eigenvalue weighted by atomic mass is 10.1. The number of hydrogen-bond acceptors (Lipinski definition) is 4. The van der Waals surface area contributed by atoms with E-state index in [0.717, 1.165) is 4.90 Å². The van der Waals surface area contributed by atoms with Crippen LogP contribution in [0.5, 0.6) is 0 Å². The molecule has 0 saturated heterocycles. The van der Waals surface area contributed by atoms with Gasteiger partial charge in [-0.1, -0.05) is 30.3 Å². The Hall–Kier alpha value is -3.55. The first-order valence-corrected chi connectivity index (χ1v) is 11.0. The van der Waals surface area contributed by atoms with Gasteiger partial charge in [0.1, 0.15) is 11.9 Å². The molecule has 1 heterocycles. The van der Waals surface area contributed by atoms with Crippen LogP contribution in [0.2, 0.25) is 0 Å². The van der Waals surface area contributed by atoms with Gasteiger partial charge in [-0.15, -0.1) is 0 Å². The van der Waals surface area contributed by atoms with E-state index < -0.39 is 11.9 Å². The van der Waals surface area contributed by atoms with Crippen molar-refractivity contribution in [1.82, 2.24) is 15.1 Å². The maximum absolute atomic E-state index is 14.2.